The van der Waals surface area contributed by atoms with Crippen molar-refractivity contribution in [3.8, 4) is 5.75 Å². The van der Waals surface area contributed by atoms with Crippen molar-refractivity contribution in [2.45, 2.75) is 19.8 Å². The maximum atomic E-state index is 11.8. The Bertz CT molecular complexity index is 915. The van der Waals surface area contributed by atoms with Crippen LogP contribution in [0.5, 0.6) is 5.75 Å². The van der Waals surface area contributed by atoms with Gasteiger partial charge in [0.1, 0.15) is 21.2 Å². The second-order valence-corrected chi connectivity index (χ2v) is 9.00. The van der Waals surface area contributed by atoms with Gasteiger partial charge in [0.15, 0.2) is 0 Å². The van der Waals surface area contributed by atoms with Crippen molar-refractivity contribution in [1.29, 1.82) is 0 Å². The minimum atomic E-state index is -2.94. The summed E-state index contributed by atoms with van der Waals surface area (Å²) in [7, 11) is -3.92. The second-order valence-electron chi connectivity index (χ2n) is 6.60. The molecule has 0 saturated heterocycles. The Hall–Kier alpha value is -1.80. The Morgan fingerprint density at radius 3 is 3.00 bits per heavy atom. The lowest BCUT2D eigenvalue weighted by Crippen LogP contribution is -2.34. The van der Waals surface area contributed by atoms with Crippen LogP contribution in [0, 0.1) is 11.8 Å². The summed E-state index contributed by atoms with van der Waals surface area (Å²) in [4.78, 5) is 7.39. The van der Waals surface area contributed by atoms with Crippen molar-refractivity contribution < 1.29 is 18.1 Å². The molecule has 0 spiro atoms. The van der Waals surface area contributed by atoms with Crippen LogP contribution >= 0.6 is 0 Å². The highest BCUT2D eigenvalue weighted by atomic mass is 32.2. The minimum absolute atomic E-state index is 0.196. The molecule has 1 fully saturated rings. The Labute approximate surface area is 141 Å². The zero-order valence-corrected chi connectivity index (χ0v) is 14.2. The van der Waals surface area contributed by atoms with Crippen LogP contribution < -0.4 is 4.65 Å². The molecule has 0 aromatic carbocycles. The molecule has 3 heterocycles. The lowest BCUT2D eigenvalue weighted by atomic mass is 9.66. The molecule has 0 radical (unpaired) electrons. The van der Waals surface area contributed by atoms with Crippen molar-refractivity contribution in [2.24, 2.45) is 11.8 Å². The van der Waals surface area contributed by atoms with Crippen LogP contribution in [0.15, 0.2) is 24.4 Å². The fourth-order valence-electron chi connectivity index (χ4n) is 3.72. The summed E-state index contributed by atoms with van der Waals surface area (Å²) in [6.45, 7) is 1.69. The summed E-state index contributed by atoms with van der Waals surface area (Å²) in [5.41, 5.74) is 2.79. The Morgan fingerprint density at radius 1 is 1.46 bits per heavy atom. The average Bonchev–Trinajstić information content (AvgIpc) is 2.98. The summed E-state index contributed by atoms with van der Waals surface area (Å²) >= 11 is 0. The van der Waals surface area contributed by atoms with E-state index >= 15 is 0 Å². The molecule has 1 aliphatic carbocycles. The summed E-state index contributed by atoms with van der Waals surface area (Å²) in [6, 6.07) is 1.95. The zero-order chi connectivity index (χ0) is 16.9. The lowest BCUT2D eigenvalue weighted by Gasteiger charge is -2.38. The fraction of sp³-hybridized carbons (Fsp3) is 0.438. The standard InChI is InChI=1S/C16H19BN2O4S/c1-2-24(21,22)9-10-5-11(6-10)13-7-17(20)23-14-8-19-16-12(15(13)14)3-4-18-16/h3-4,7-8,10-11,20H,2,5-6,9H2,1H3,(H,18,19). The van der Waals surface area contributed by atoms with Crippen LogP contribution in [0.4, 0.5) is 0 Å². The van der Waals surface area contributed by atoms with Gasteiger partial charge in [0.2, 0.25) is 0 Å². The predicted octanol–water partition coefficient (Wildman–Crippen LogP) is 1.82. The number of nitrogens with one attached hydrogen (secondary N) is 1. The number of fused-ring (bicyclic) bond motifs is 3. The fourth-order valence-corrected chi connectivity index (χ4v) is 4.95. The summed E-state index contributed by atoms with van der Waals surface area (Å²) in [6.07, 6.45) is 5.11. The van der Waals surface area contributed by atoms with Crippen molar-refractivity contribution >= 4 is 33.6 Å². The van der Waals surface area contributed by atoms with E-state index in [0.717, 1.165) is 35.0 Å². The van der Waals surface area contributed by atoms with Crippen LogP contribution in [0.25, 0.3) is 16.6 Å². The Balaban J connectivity index is 1.62. The quantitative estimate of drug-likeness (QED) is 0.824. The molecular formula is C16H19BN2O4S. The van der Waals surface area contributed by atoms with Gasteiger partial charge in [-0.2, -0.15) is 0 Å². The van der Waals surface area contributed by atoms with E-state index in [-0.39, 0.29) is 23.3 Å². The van der Waals surface area contributed by atoms with Gasteiger partial charge in [0.25, 0.3) is 0 Å². The molecule has 0 unspecified atom stereocenters. The third-order valence-corrected chi connectivity index (χ3v) is 6.87. The average molecular weight is 346 g/mol. The van der Waals surface area contributed by atoms with Gasteiger partial charge in [-0.05, 0) is 42.3 Å². The highest BCUT2D eigenvalue weighted by Crippen LogP contribution is 2.48. The molecule has 1 saturated carbocycles. The van der Waals surface area contributed by atoms with E-state index in [1.165, 1.54) is 0 Å². The summed E-state index contributed by atoms with van der Waals surface area (Å²) in [5.74, 6) is 3.23. The molecule has 0 bridgehead atoms. The molecule has 0 atom stereocenters. The number of rotatable bonds is 4. The molecular weight excluding hydrogens is 327 g/mol. The zero-order valence-electron chi connectivity index (χ0n) is 13.4. The van der Waals surface area contributed by atoms with Crippen LogP contribution in [0.3, 0.4) is 0 Å². The molecule has 0 amide bonds. The highest BCUT2D eigenvalue weighted by molar-refractivity contribution is 7.91. The normalized spacial score (nSPS) is 23.4. The van der Waals surface area contributed by atoms with Gasteiger partial charge < -0.3 is 14.7 Å². The molecule has 2 aromatic heterocycles. The SMILES string of the molecule is CCS(=O)(=O)CC1CC(C2=CB(O)Oc3cnc4[nH]ccc4c32)C1. The number of pyridine rings is 1. The van der Waals surface area contributed by atoms with E-state index in [1.54, 1.807) is 19.1 Å². The van der Waals surface area contributed by atoms with Gasteiger partial charge in [-0.15, -0.1) is 0 Å². The molecule has 1 aliphatic heterocycles. The van der Waals surface area contributed by atoms with Gasteiger partial charge in [0, 0.05) is 22.9 Å². The van der Waals surface area contributed by atoms with Gasteiger partial charge >= 0.3 is 7.12 Å². The lowest BCUT2D eigenvalue weighted by molar-refractivity contribution is 0.273. The Morgan fingerprint density at radius 2 is 2.25 bits per heavy atom. The maximum absolute atomic E-state index is 11.8. The second kappa shape index (κ2) is 5.63. The van der Waals surface area contributed by atoms with Crippen molar-refractivity contribution in [1.82, 2.24) is 9.97 Å². The number of sulfone groups is 1. The molecule has 2 aliphatic rings. The van der Waals surface area contributed by atoms with Crippen LogP contribution in [0.2, 0.25) is 0 Å². The highest BCUT2D eigenvalue weighted by Gasteiger charge is 2.38. The molecule has 2 N–H and O–H groups in total. The first-order valence-electron chi connectivity index (χ1n) is 8.20. The predicted molar refractivity (Wildman–Crippen MR) is 93.2 cm³/mol. The van der Waals surface area contributed by atoms with Gasteiger partial charge in [-0.25, -0.2) is 13.4 Å². The summed E-state index contributed by atoms with van der Waals surface area (Å²) in [5, 5.41) is 10.9. The van der Waals surface area contributed by atoms with Gasteiger partial charge in [0.05, 0.1) is 11.9 Å². The summed E-state index contributed by atoms with van der Waals surface area (Å²) < 4.78 is 29.1. The van der Waals surface area contributed by atoms with E-state index in [2.05, 4.69) is 9.97 Å². The first-order chi connectivity index (χ1) is 11.5. The topological polar surface area (TPSA) is 92.3 Å². The van der Waals surface area contributed by atoms with Crippen molar-refractivity contribution in [3.05, 3.63) is 30.0 Å². The smallest absolute Gasteiger partial charge is 0.531 e. The number of aromatic amines is 1. The van der Waals surface area contributed by atoms with E-state index in [9.17, 15) is 13.4 Å². The van der Waals surface area contributed by atoms with Crippen LogP contribution in [-0.4, -0.2) is 42.0 Å². The van der Waals surface area contributed by atoms with E-state index in [1.807, 2.05) is 12.3 Å². The minimum Gasteiger partial charge on any atom is -0.531 e. The molecule has 2 aromatic rings. The number of nitrogens with zero attached hydrogens (tertiary/aromatic N) is 1. The van der Waals surface area contributed by atoms with Crippen molar-refractivity contribution in [3.63, 3.8) is 0 Å². The third-order valence-electron chi connectivity index (χ3n) is 5.02. The molecule has 24 heavy (non-hydrogen) atoms. The van der Waals surface area contributed by atoms with Gasteiger partial charge in [-0.1, -0.05) is 6.92 Å². The first-order valence-corrected chi connectivity index (χ1v) is 10.0. The number of allylic oxidation sites excluding steroid dienone is 1. The third kappa shape index (κ3) is 2.63. The molecule has 8 heteroatoms. The van der Waals surface area contributed by atoms with E-state index in [0.29, 0.717) is 5.75 Å². The van der Waals surface area contributed by atoms with E-state index < -0.39 is 17.0 Å². The largest absolute Gasteiger partial charge is 0.552 e. The number of H-pyrrole nitrogens is 1. The molecule has 6 nitrogen and oxygen atoms in total. The van der Waals surface area contributed by atoms with Crippen molar-refractivity contribution in [2.75, 3.05) is 11.5 Å². The van der Waals surface area contributed by atoms with Crippen LogP contribution in [-0.2, 0) is 9.84 Å². The number of hydrogen-bond donors (Lipinski definition) is 2. The van der Waals surface area contributed by atoms with Crippen LogP contribution in [0.1, 0.15) is 25.3 Å². The molecule has 126 valence electrons. The number of aromatic nitrogens is 2. The maximum Gasteiger partial charge on any atom is 0.552 e. The van der Waals surface area contributed by atoms with E-state index in [4.69, 9.17) is 4.65 Å². The number of hydrogen-bond acceptors (Lipinski definition) is 5. The molecule has 4 rings (SSSR count). The van der Waals surface area contributed by atoms with Gasteiger partial charge in [-0.3, -0.25) is 0 Å². The Kier molecular flexibility index (Phi) is 3.69. The first kappa shape index (κ1) is 15.7. The monoisotopic (exact) mass is 346 g/mol.